The molecule has 0 N–H and O–H groups in total. The van der Waals surface area contributed by atoms with Crippen molar-refractivity contribution < 1.29 is 23.7 Å². The molecule has 0 aromatic heterocycles. The molecule has 0 aromatic rings. The minimum Gasteiger partial charge on any atom is -0.790 e. The van der Waals surface area contributed by atoms with E-state index >= 15 is 0 Å². The van der Waals surface area contributed by atoms with Gasteiger partial charge in [0.25, 0.3) is 0 Å². The molecule has 0 radical (unpaired) electrons. The molecule has 0 spiro atoms. The number of carbonyl (C=O) groups is 1. The van der Waals surface area contributed by atoms with Crippen LogP contribution >= 0.6 is 7.82 Å². The summed E-state index contributed by atoms with van der Waals surface area (Å²) >= 11 is 0. The highest BCUT2D eigenvalue weighted by atomic mass is 31.2. The minimum atomic E-state index is -4.94. The molecule has 0 aliphatic carbocycles. The fourth-order valence-electron chi connectivity index (χ4n) is 0.170. The first-order chi connectivity index (χ1) is 3.92. The normalized spacial score (nSPS) is 11.4. The molecular weight excluding hydrogens is 147 g/mol. The van der Waals surface area contributed by atoms with Crippen LogP contribution in [0.5, 0.6) is 0 Å². The summed E-state index contributed by atoms with van der Waals surface area (Å²) in [5.74, 6) is -0.498. The number of phosphoric ester groups is 1. The van der Waals surface area contributed by atoms with Gasteiger partial charge in [0.05, 0.1) is 7.82 Å². The number of hydrogen-bond acceptors (Lipinski definition) is 5. The number of rotatable bonds is 3. The zero-order valence-corrected chi connectivity index (χ0v) is 5.59. The van der Waals surface area contributed by atoms with Gasteiger partial charge in [-0.3, -0.25) is 4.79 Å². The number of phosphoric acid groups is 1. The molecule has 0 fully saturated rings. The molecule has 0 aliphatic heterocycles. The van der Waals surface area contributed by atoms with Crippen LogP contribution < -0.4 is 9.79 Å². The van der Waals surface area contributed by atoms with Crippen LogP contribution in [-0.2, 0) is 13.9 Å². The van der Waals surface area contributed by atoms with Gasteiger partial charge in [-0.2, -0.15) is 0 Å². The standard InChI is InChI=1S/C3H7O5P/c1-3(4)2-8-9(5,6)7/h2H2,1H3,(H2,5,6,7)/p-2. The Morgan fingerprint density at radius 2 is 2.11 bits per heavy atom. The first-order valence-electron chi connectivity index (χ1n) is 2.08. The molecule has 0 unspecified atom stereocenters. The molecule has 5 nitrogen and oxygen atoms in total. The lowest BCUT2D eigenvalue weighted by Crippen LogP contribution is -2.18. The fraction of sp³-hybridized carbons (Fsp3) is 0.667. The van der Waals surface area contributed by atoms with Gasteiger partial charge in [-0.1, -0.05) is 0 Å². The molecule has 0 aromatic carbocycles. The Morgan fingerprint density at radius 3 is 2.22 bits per heavy atom. The van der Waals surface area contributed by atoms with E-state index < -0.39 is 20.2 Å². The summed E-state index contributed by atoms with van der Waals surface area (Å²) < 4.78 is 13.2. The van der Waals surface area contributed by atoms with Crippen LogP contribution in [0.1, 0.15) is 6.92 Å². The van der Waals surface area contributed by atoms with Crippen LogP contribution in [0, 0.1) is 0 Å². The smallest absolute Gasteiger partial charge is 0.155 e. The second-order valence-electron chi connectivity index (χ2n) is 1.42. The lowest BCUT2D eigenvalue weighted by atomic mass is 10.5. The van der Waals surface area contributed by atoms with E-state index in [1.165, 1.54) is 0 Å². The molecule has 0 saturated heterocycles. The summed E-state index contributed by atoms with van der Waals surface area (Å²) in [6.07, 6.45) is 0. The van der Waals surface area contributed by atoms with Crippen molar-refractivity contribution in [1.82, 2.24) is 0 Å². The van der Waals surface area contributed by atoms with E-state index in [0.29, 0.717) is 0 Å². The van der Waals surface area contributed by atoms with Crippen molar-refractivity contribution in [2.75, 3.05) is 6.61 Å². The molecule has 0 saturated carbocycles. The van der Waals surface area contributed by atoms with E-state index in [2.05, 4.69) is 4.52 Å². The molecule has 0 bridgehead atoms. The maximum atomic E-state index is 9.97. The van der Waals surface area contributed by atoms with Gasteiger partial charge in [0.1, 0.15) is 6.61 Å². The van der Waals surface area contributed by atoms with Crippen molar-refractivity contribution >= 4 is 13.6 Å². The first-order valence-corrected chi connectivity index (χ1v) is 3.54. The van der Waals surface area contributed by atoms with Crippen molar-refractivity contribution in [2.24, 2.45) is 0 Å². The van der Waals surface area contributed by atoms with Gasteiger partial charge in [-0.05, 0) is 6.92 Å². The molecule has 54 valence electrons. The summed E-state index contributed by atoms with van der Waals surface area (Å²) in [6, 6.07) is 0. The average molecular weight is 152 g/mol. The Morgan fingerprint density at radius 1 is 1.67 bits per heavy atom. The molecule has 9 heavy (non-hydrogen) atoms. The zero-order chi connectivity index (χ0) is 7.49. The molecule has 0 rings (SSSR count). The third-order valence-electron chi connectivity index (χ3n) is 0.426. The van der Waals surface area contributed by atoms with Crippen LogP contribution in [0.4, 0.5) is 0 Å². The highest BCUT2D eigenvalue weighted by Crippen LogP contribution is 2.23. The van der Waals surface area contributed by atoms with Crippen molar-refractivity contribution in [3.05, 3.63) is 0 Å². The Hall–Kier alpha value is -0.220. The maximum absolute atomic E-state index is 9.97. The Labute approximate surface area is 51.9 Å². The van der Waals surface area contributed by atoms with Gasteiger partial charge in [0, 0.05) is 0 Å². The van der Waals surface area contributed by atoms with Crippen LogP contribution in [0.25, 0.3) is 0 Å². The molecule has 6 heteroatoms. The second kappa shape index (κ2) is 3.08. The third-order valence-corrected chi connectivity index (χ3v) is 0.871. The largest absolute Gasteiger partial charge is 0.790 e. The van der Waals surface area contributed by atoms with Crippen molar-refractivity contribution in [3.8, 4) is 0 Å². The lowest BCUT2D eigenvalue weighted by molar-refractivity contribution is -0.341. The number of carbonyl (C=O) groups excluding carboxylic acids is 1. The quantitative estimate of drug-likeness (QED) is 0.455. The summed E-state index contributed by atoms with van der Waals surface area (Å²) in [5.41, 5.74) is 0. The van der Waals surface area contributed by atoms with Crippen molar-refractivity contribution in [3.63, 3.8) is 0 Å². The molecule has 0 heterocycles. The highest BCUT2D eigenvalue weighted by Gasteiger charge is 1.93. The van der Waals surface area contributed by atoms with E-state index in [1.807, 2.05) is 0 Å². The van der Waals surface area contributed by atoms with Crippen LogP contribution in [-0.4, -0.2) is 12.4 Å². The molecule has 0 atom stereocenters. The zero-order valence-electron chi connectivity index (χ0n) is 4.70. The SMILES string of the molecule is CC(=O)COP(=O)([O-])[O-]. The van der Waals surface area contributed by atoms with E-state index in [4.69, 9.17) is 0 Å². The van der Waals surface area contributed by atoms with E-state index in [9.17, 15) is 19.1 Å². The predicted octanol–water partition coefficient (Wildman–Crippen LogP) is -1.58. The fourth-order valence-corrected chi connectivity index (χ4v) is 0.510. The third kappa shape index (κ3) is 7.78. The maximum Gasteiger partial charge on any atom is 0.155 e. The summed E-state index contributed by atoms with van der Waals surface area (Å²) in [5, 5.41) is 0. The number of Topliss-reactive ketones (excluding diaryl/α,β-unsaturated/α-hetero) is 1. The van der Waals surface area contributed by atoms with E-state index in [1.54, 1.807) is 0 Å². The Kier molecular flexibility index (Phi) is 3.00. The topological polar surface area (TPSA) is 89.5 Å². The van der Waals surface area contributed by atoms with Gasteiger partial charge >= 0.3 is 0 Å². The van der Waals surface area contributed by atoms with E-state index in [-0.39, 0.29) is 0 Å². The summed E-state index contributed by atoms with van der Waals surface area (Å²) in [6.45, 7) is 0.458. The Balaban J connectivity index is 3.53. The molecule has 0 aliphatic rings. The summed E-state index contributed by atoms with van der Waals surface area (Å²) in [4.78, 5) is 29.2. The van der Waals surface area contributed by atoms with Crippen LogP contribution in [0.2, 0.25) is 0 Å². The van der Waals surface area contributed by atoms with Gasteiger partial charge in [0.15, 0.2) is 5.78 Å². The number of ketones is 1. The molecular formula is C3H5O5P-2. The first kappa shape index (κ1) is 8.78. The van der Waals surface area contributed by atoms with Crippen molar-refractivity contribution in [1.29, 1.82) is 0 Å². The van der Waals surface area contributed by atoms with E-state index in [0.717, 1.165) is 6.92 Å². The monoisotopic (exact) mass is 152 g/mol. The van der Waals surface area contributed by atoms with Gasteiger partial charge in [-0.25, -0.2) is 0 Å². The minimum absolute atomic E-state index is 0.498. The van der Waals surface area contributed by atoms with Gasteiger partial charge in [0.2, 0.25) is 0 Å². The predicted molar refractivity (Wildman–Crippen MR) is 24.2 cm³/mol. The average Bonchev–Trinajstić information content (AvgIpc) is 1.59. The van der Waals surface area contributed by atoms with Gasteiger partial charge < -0.3 is 18.9 Å². The van der Waals surface area contributed by atoms with Gasteiger partial charge in [-0.15, -0.1) is 0 Å². The van der Waals surface area contributed by atoms with Crippen LogP contribution in [0.15, 0.2) is 0 Å². The summed E-state index contributed by atoms with van der Waals surface area (Å²) in [7, 11) is -4.94. The lowest BCUT2D eigenvalue weighted by Gasteiger charge is -2.27. The van der Waals surface area contributed by atoms with Crippen LogP contribution in [0.3, 0.4) is 0 Å². The highest BCUT2D eigenvalue weighted by molar-refractivity contribution is 7.43. The number of hydrogen-bond donors (Lipinski definition) is 0. The molecule has 0 amide bonds. The second-order valence-corrected chi connectivity index (χ2v) is 2.58. The Bertz CT molecular complexity index is 146. The van der Waals surface area contributed by atoms with Crippen molar-refractivity contribution in [2.45, 2.75) is 6.92 Å².